The highest BCUT2D eigenvalue weighted by Gasteiger charge is 2.41. The fourth-order valence-electron chi connectivity index (χ4n) is 4.43. The minimum absolute atomic E-state index is 0.159. The van der Waals surface area contributed by atoms with Crippen molar-refractivity contribution in [2.45, 2.75) is 37.8 Å². The van der Waals surface area contributed by atoms with Gasteiger partial charge in [0.15, 0.2) is 0 Å². The third-order valence-corrected chi connectivity index (χ3v) is 5.87. The number of anilines is 3. The predicted octanol–water partition coefficient (Wildman–Crippen LogP) is 4.35. The molecule has 2 aliphatic heterocycles. The van der Waals surface area contributed by atoms with Gasteiger partial charge in [0.25, 0.3) is 0 Å². The molecule has 3 aromatic rings. The van der Waals surface area contributed by atoms with Crippen LogP contribution in [0.5, 0.6) is 0 Å². The molecule has 2 aliphatic rings. The van der Waals surface area contributed by atoms with Crippen molar-refractivity contribution in [3.63, 3.8) is 0 Å². The van der Waals surface area contributed by atoms with E-state index >= 15 is 0 Å². The van der Waals surface area contributed by atoms with E-state index in [2.05, 4.69) is 26.8 Å². The molecule has 5 rings (SSSR count). The first-order valence-electron chi connectivity index (χ1n) is 10.7. The molecule has 2 unspecified atom stereocenters. The summed E-state index contributed by atoms with van der Waals surface area (Å²) in [5, 5.41) is 11.1. The van der Waals surface area contributed by atoms with E-state index in [9.17, 15) is 8.78 Å². The van der Waals surface area contributed by atoms with Crippen LogP contribution in [0.15, 0.2) is 42.7 Å². The van der Waals surface area contributed by atoms with E-state index in [4.69, 9.17) is 9.47 Å². The maximum Gasteiger partial charge on any atom is 0.246 e. The molecule has 7 nitrogen and oxygen atoms in total. The van der Waals surface area contributed by atoms with Gasteiger partial charge in [0.05, 0.1) is 17.9 Å². The summed E-state index contributed by atoms with van der Waals surface area (Å²) in [6.45, 7) is 4.16. The van der Waals surface area contributed by atoms with Crippen molar-refractivity contribution in [2.75, 3.05) is 30.5 Å². The number of ether oxygens (including phenoxy) is 2. The van der Waals surface area contributed by atoms with Gasteiger partial charge in [-0.05, 0) is 55.7 Å². The summed E-state index contributed by atoms with van der Waals surface area (Å²) >= 11 is 0. The van der Waals surface area contributed by atoms with Crippen LogP contribution in [0.25, 0.3) is 5.69 Å². The summed E-state index contributed by atoms with van der Waals surface area (Å²) in [4.78, 5) is 4.22. The van der Waals surface area contributed by atoms with Crippen molar-refractivity contribution >= 4 is 17.3 Å². The minimum Gasteiger partial charge on any atom is -0.382 e. The van der Waals surface area contributed by atoms with Crippen molar-refractivity contribution < 1.29 is 18.3 Å². The van der Waals surface area contributed by atoms with Crippen LogP contribution < -0.4 is 10.6 Å². The molecule has 9 heteroatoms. The normalized spacial score (nSPS) is 22.9. The molecule has 2 saturated heterocycles. The first-order chi connectivity index (χ1) is 15.5. The molecule has 1 spiro atoms. The number of nitrogens with one attached hydrogen (secondary N) is 2. The van der Waals surface area contributed by atoms with E-state index in [1.165, 1.54) is 23.1 Å². The third kappa shape index (κ3) is 4.58. The Bertz CT molecular complexity index is 1090. The lowest BCUT2D eigenvalue weighted by Crippen LogP contribution is -2.44. The third-order valence-electron chi connectivity index (χ3n) is 5.87. The Kier molecular flexibility index (Phi) is 5.52. The number of aromatic nitrogens is 3. The summed E-state index contributed by atoms with van der Waals surface area (Å²) in [6, 6.07) is 9.62. The molecule has 0 aliphatic carbocycles. The van der Waals surface area contributed by atoms with E-state index in [1.807, 2.05) is 19.1 Å². The summed E-state index contributed by atoms with van der Waals surface area (Å²) in [5.41, 5.74) is 3.00. The predicted molar refractivity (Wildman–Crippen MR) is 117 cm³/mol. The highest BCUT2D eigenvalue weighted by Crippen LogP contribution is 2.34. The Hall–Kier alpha value is -3.04. The van der Waals surface area contributed by atoms with E-state index < -0.39 is 11.6 Å². The maximum atomic E-state index is 13.5. The van der Waals surface area contributed by atoms with Crippen LogP contribution in [0.4, 0.5) is 26.1 Å². The summed E-state index contributed by atoms with van der Waals surface area (Å²) in [7, 11) is 0. The second-order valence-corrected chi connectivity index (χ2v) is 8.52. The van der Waals surface area contributed by atoms with Crippen molar-refractivity contribution in [3.8, 4) is 5.69 Å². The lowest BCUT2D eigenvalue weighted by molar-refractivity contribution is -0.0828. The number of nitrogens with zero attached hydrogens (tertiary/aromatic N) is 3. The zero-order chi connectivity index (χ0) is 22.1. The molecule has 32 heavy (non-hydrogen) atoms. The van der Waals surface area contributed by atoms with E-state index in [0.717, 1.165) is 55.5 Å². The zero-order valence-electron chi connectivity index (χ0n) is 17.8. The number of rotatable bonds is 5. The summed E-state index contributed by atoms with van der Waals surface area (Å²) in [5.74, 6) is -1.00. The average Bonchev–Trinajstić information content (AvgIpc) is 3.37. The van der Waals surface area contributed by atoms with Crippen LogP contribution in [0.1, 0.15) is 24.8 Å². The van der Waals surface area contributed by atoms with Gasteiger partial charge in [-0.25, -0.2) is 13.5 Å². The van der Waals surface area contributed by atoms with Crippen LogP contribution in [-0.2, 0) is 9.47 Å². The molecular formula is C23H25F2N5O2. The fourth-order valence-corrected chi connectivity index (χ4v) is 4.43. The van der Waals surface area contributed by atoms with Crippen LogP contribution in [0, 0.1) is 18.6 Å². The van der Waals surface area contributed by atoms with Gasteiger partial charge in [-0.15, -0.1) is 5.10 Å². The number of hydrogen-bond donors (Lipinski definition) is 2. The number of hydrogen-bond acceptors (Lipinski definition) is 6. The van der Waals surface area contributed by atoms with Crippen LogP contribution in [0.3, 0.4) is 0 Å². The Morgan fingerprint density at radius 3 is 2.66 bits per heavy atom. The van der Waals surface area contributed by atoms with E-state index in [0.29, 0.717) is 18.6 Å². The number of halogens is 2. The fraction of sp³-hybridized carbons (Fsp3) is 0.391. The van der Waals surface area contributed by atoms with Crippen LogP contribution in [-0.4, -0.2) is 46.2 Å². The van der Waals surface area contributed by atoms with Gasteiger partial charge in [0, 0.05) is 43.1 Å². The lowest BCUT2D eigenvalue weighted by Gasteiger charge is -2.37. The van der Waals surface area contributed by atoms with Crippen molar-refractivity contribution in [1.29, 1.82) is 0 Å². The first-order valence-corrected chi connectivity index (χ1v) is 10.7. The molecule has 2 N–H and O–H groups in total. The first kappa shape index (κ1) is 20.8. The van der Waals surface area contributed by atoms with Gasteiger partial charge >= 0.3 is 0 Å². The van der Waals surface area contributed by atoms with Gasteiger partial charge in [0.2, 0.25) is 5.95 Å². The Balaban J connectivity index is 1.30. The molecule has 3 heterocycles. The topological polar surface area (TPSA) is 73.2 Å². The van der Waals surface area contributed by atoms with E-state index in [1.54, 1.807) is 0 Å². The van der Waals surface area contributed by atoms with Crippen LogP contribution >= 0.6 is 0 Å². The SMILES string of the molecule is Cc1cc(Nc2ncn(-c3cc(F)cc(F)c3)n2)cc(NC2CCOC3(CCOC3)C2)c1. The molecular weight excluding hydrogens is 416 g/mol. The van der Waals surface area contributed by atoms with Crippen molar-refractivity contribution in [3.05, 3.63) is 59.9 Å². The Morgan fingerprint density at radius 1 is 1.06 bits per heavy atom. The molecule has 2 fully saturated rings. The van der Waals surface area contributed by atoms with Gasteiger partial charge < -0.3 is 20.1 Å². The largest absolute Gasteiger partial charge is 0.382 e. The van der Waals surface area contributed by atoms with Gasteiger partial charge in [-0.3, -0.25) is 0 Å². The molecule has 1 aromatic heterocycles. The minimum atomic E-state index is -0.668. The average molecular weight is 441 g/mol. The van der Waals surface area contributed by atoms with E-state index in [-0.39, 0.29) is 11.3 Å². The van der Waals surface area contributed by atoms with Gasteiger partial charge in [0.1, 0.15) is 18.0 Å². The Morgan fingerprint density at radius 2 is 1.88 bits per heavy atom. The zero-order valence-corrected chi connectivity index (χ0v) is 17.8. The highest BCUT2D eigenvalue weighted by molar-refractivity contribution is 5.63. The molecule has 2 aromatic carbocycles. The molecule has 2 atom stereocenters. The smallest absolute Gasteiger partial charge is 0.246 e. The summed E-state index contributed by atoms with van der Waals surface area (Å²) in [6.07, 6.45) is 4.21. The summed E-state index contributed by atoms with van der Waals surface area (Å²) < 4.78 is 39.9. The van der Waals surface area contributed by atoms with Crippen LogP contribution in [0.2, 0.25) is 0 Å². The maximum absolute atomic E-state index is 13.5. The number of aryl methyl sites for hydroxylation is 1. The van der Waals surface area contributed by atoms with Gasteiger partial charge in [-0.1, -0.05) is 0 Å². The molecule has 168 valence electrons. The van der Waals surface area contributed by atoms with Crippen molar-refractivity contribution in [2.24, 2.45) is 0 Å². The Labute approximate surface area is 184 Å². The molecule has 0 amide bonds. The molecule has 0 saturated carbocycles. The second kappa shape index (κ2) is 8.48. The monoisotopic (exact) mass is 441 g/mol. The molecule has 0 bridgehead atoms. The van der Waals surface area contributed by atoms with Gasteiger partial charge in [-0.2, -0.15) is 4.98 Å². The molecule has 0 radical (unpaired) electrons. The lowest BCUT2D eigenvalue weighted by atomic mass is 9.89. The standard InChI is InChI=1S/C23H25F2N5O2/c1-15-6-19(27-18-2-4-32-23(12-18)3-5-31-13-23)11-20(7-15)28-22-26-14-30(29-22)21-9-16(24)8-17(25)10-21/h6-11,14,18,27H,2-5,12-13H2,1H3,(H,28,29). The van der Waals surface area contributed by atoms with Crippen molar-refractivity contribution in [1.82, 2.24) is 14.8 Å². The highest BCUT2D eigenvalue weighted by atomic mass is 19.1. The number of benzene rings is 2. The quantitative estimate of drug-likeness (QED) is 0.614. The second-order valence-electron chi connectivity index (χ2n) is 8.52.